The van der Waals surface area contributed by atoms with Crippen LogP contribution in [0.15, 0.2) is 48.5 Å². The van der Waals surface area contributed by atoms with Crippen molar-refractivity contribution < 1.29 is 28.2 Å². The van der Waals surface area contributed by atoms with Crippen LogP contribution in [0.2, 0.25) is 0 Å². The molecule has 1 saturated heterocycles. The average Bonchev–Trinajstić information content (AvgIpc) is 3.23. The maximum atomic E-state index is 13.4. The van der Waals surface area contributed by atoms with E-state index in [1.165, 1.54) is 24.3 Å². The quantitative estimate of drug-likeness (QED) is 0.617. The van der Waals surface area contributed by atoms with Crippen LogP contribution in [0.25, 0.3) is 0 Å². The molecule has 3 atom stereocenters. The van der Waals surface area contributed by atoms with Gasteiger partial charge in [0.1, 0.15) is 17.6 Å². The van der Waals surface area contributed by atoms with Gasteiger partial charge in [-0.1, -0.05) is 18.9 Å². The summed E-state index contributed by atoms with van der Waals surface area (Å²) in [6.45, 7) is 1.77. The molecule has 34 heavy (non-hydrogen) atoms. The summed E-state index contributed by atoms with van der Waals surface area (Å²) in [5.41, 5.74) is 0.884. The maximum absolute atomic E-state index is 13.4. The monoisotopic (exact) mass is 468 g/mol. The summed E-state index contributed by atoms with van der Waals surface area (Å²) < 4.78 is 23.7. The van der Waals surface area contributed by atoms with Crippen molar-refractivity contribution >= 4 is 23.5 Å². The summed E-state index contributed by atoms with van der Waals surface area (Å²) in [7, 11) is 0. The van der Waals surface area contributed by atoms with Crippen molar-refractivity contribution in [3.8, 4) is 5.75 Å². The molecule has 2 aromatic carbocycles. The zero-order valence-electron chi connectivity index (χ0n) is 19.2. The number of fused-ring (bicyclic) bond motifs is 1. The number of benzene rings is 2. The largest absolute Gasteiger partial charge is 0.482 e. The van der Waals surface area contributed by atoms with Crippen LogP contribution in [0.3, 0.4) is 0 Å². The van der Waals surface area contributed by atoms with Crippen LogP contribution in [0.4, 0.5) is 10.1 Å². The first kappa shape index (κ1) is 23.7. The van der Waals surface area contributed by atoms with Gasteiger partial charge in [-0.3, -0.25) is 9.59 Å². The topological polar surface area (TPSA) is 84.9 Å². The molecule has 0 radical (unpaired) electrons. The van der Waals surface area contributed by atoms with Crippen LogP contribution < -0.4 is 10.1 Å². The molecule has 1 N–H and O–H groups in total. The smallest absolute Gasteiger partial charge is 0.344 e. The molecule has 0 spiro atoms. The fourth-order valence-electron chi connectivity index (χ4n) is 4.96. The summed E-state index contributed by atoms with van der Waals surface area (Å²) in [5, 5.41) is 2.90. The normalized spacial score (nSPS) is 21.5. The summed E-state index contributed by atoms with van der Waals surface area (Å²) in [6, 6.07) is 11.6. The lowest BCUT2D eigenvalue weighted by molar-refractivity contribution is -0.145. The minimum absolute atomic E-state index is 0.00120. The number of hydrogen-bond acceptors (Lipinski definition) is 5. The Bertz CT molecular complexity index is 1040. The van der Waals surface area contributed by atoms with E-state index in [0.717, 1.165) is 25.7 Å². The van der Waals surface area contributed by atoms with E-state index in [2.05, 4.69) is 5.32 Å². The van der Waals surface area contributed by atoms with E-state index >= 15 is 0 Å². The highest BCUT2D eigenvalue weighted by Gasteiger charge is 2.47. The molecule has 0 unspecified atom stereocenters. The number of halogens is 1. The molecule has 7 nitrogen and oxygen atoms in total. The molecule has 1 aliphatic heterocycles. The molecule has 2 aliphatic rings. The number of rotatable bonds is 7. The lowest BCUT2D eigenvalue weighted by atomic mass is 9.84. The Hall–Kier alpha value is -3.42. The van der Waals surface area contributed by atoms with Crippen molar-refractivity contribution in [2.24, 2.45) is 5.92 Å². The third-order valence-electron chi connectivity index (χ3n) is 6.48. The van der Waals surface area contributed by atoms with Crippen LogP contribution in [0.1, 0.15) is 49.4 Å². The average molecular weight is 469 g/mol. The second kappa shape index (κ2) is 10.7. The number of amides is 2. The molecule has 1 saturated carbocycles. The lowest BCUT2D eigenvalue weighted by Gasteiger charge is -2.33. The Morgan fingerprint density at radius 1 is 1.09 bits per heavy atom. The van der Waals surface area contributed by atoms with Crippen LogP contribution in [0, 0.1) is 11.7 Å². The first-order valence-electron chi connectivity index (χ1n) is 11.7. The van der Waals surface area contributed by atoms with E-state index in [9.17, 15) is 18.8 Å². The number of likely N-dealkylation sites (tertiary alicyclic amines) is 1. The van der Waals surface area contributed by atoms with Crippen molar-refractivity contribution in [1.82, 2.24) is 4.90 Å². The Morgan fingerprint density at radius 2 is 1.85 bits per heavy atom. The molecule has 2 amide bonds. The molecule has 2 fully saturated rings. The van der Waals surface area contributed by atoms with E-state index in [1.54, 1.807) is 36.1 Å². The van der Waals surface area contributed by atoms with Gasteiger partial charge in [-0.2, -0.15) is 0 Å². The number of carbonyl (C=O) groups excluding carboxylic acids is 3. The van der Waals surface area contributed by atoms with Gasteiger partial charge < -0.3 is 19.7 Å². The maximum Gasteiger partial charge on any atom is 0.344 e. The Kier molecular flexibility index (Phi) is 7.45. The van der Waals surface area contributed by atoms with E-state index in [-0.39, 0.29) is 37.0 Å². The SMILES string of the molecule is CCOC(=O)COc1cccc(NC(=O)[C@@H]2C[C@H]3CCCC[C@H]3N2C(=O)c2ccc(F)cc2)c1. The van der Waals surface area contributed by atoms with Gasteiger partial charge in [-0.25, -0.2) is 9.18 Å². The van der Waals surface area contributed by atoms with Gasteiger partial charge in [0.25, 0.3) is 5.91 Å². The number of anilines is 1. The fourth-order valence-corrected chi connectivity index (χ4v) is 4.96. The van der Waals surface area contributed by atoms with Gasteiger partial charge >= 0.3 is 5.97 Å². The molecule has 1 aliphatic carbocycles. The summed E-state index contributed by atoms with van der Waals surface area (Å²) in [6.07, 6.45) is 4.55. The van der Waals surface area contributed by atoms with E-state index in [1.807, 2.05) is 0 Å². The van der Waals surface area contributed by atoms with E-state index < -0.39 is 17.8 Å². The van der Waals surface area contributed by atoms with Gasteiger partial charge in [0.2, 0.25) is 5.91 Å². The first-order chi connectivity index (χ1) is 16.5. The third-order valence-corrected chi connectivity index (χ3v) is 6.48. The summed E-state index contributed by atoms with van der Waals surface area (Å²) >= 11 is 0. The fraction of sp³-hybridized carbons (Fsp3) is 0.423. The second-order valence-electron chi connectivity index (χ2n) is 8.69. The van der Waals surface area contributed by atoms with Crippen molar-refractivity contribution in [1.29, 1.82) is 0 Å². The molecule has 0 bridgehead atoms. The number of hydrogen-bond donors (Lipinski definition) is 1. The van der Waals surface area contributed by atoms with Crippen molar-refractivity contribution in [3.63, 3.8) is 0 Å². The van der Waals surface area contributed by atoms with Crippen LogP contribution in [-0.2, 0) is 14.3 Å². The third kappa shape index (κ3) is 5.38. The molecule has 8 heteroatoms. The number of nitrogens with one attached hydrogen (secondary N) is 1. The van der Waals surface area contributed by atoms with Gasteiger partial charge in [0.15, 0.2) is 6.61 Å². The van der Waals surface area contributed by atoms with Crippen LogP contribution in [-0.4, -0.2) is 48.0 Å². The Labute approximate surface area is 198 Å². The van der Waals surface area contributed by atoms with Crippen LogP contribution in [0.5, 0.6) is 5.75 Å². The molecule has 4 rings (SSSR count). The molecule has 0 aromatic heterocycles. The number of ether oxygens (including phenoxy) is 2. The van der Waals surface area contributed by atoms with Crippen molar-refractivity contribution in [2.75, 3.05) is 18.5 Å². The summed E-state index contributed by atoms with van der Waals surface area (Å²) in [5.74, 6) is -0.708. The van der Waals surface area contributed by atoms with Gasteiger partial charge in [0, 0.05) is 23.4 Å². The predicted octanol–water partition coefficient (Wildman–Crippen LogP) is 4.18. The first-order valence-corrected chi connectivity index (χ1v) is 11.7. The molecule has 2 aromatic rings. The van der Waals surface area contributed by atoms with Crippen LogP contribution >= 0.6 is 0 Å². The zero-order chi connectivity index (χ0) is 24.1. The second-order valence-corrected chi connectivity index (χ2v) is 8.69. The van der Waals surface area contributed by atoms with Gasteiger partial charge in [0.05, 0.1) is 6.61 Å². The summed E-state index contributed by atoms with van der Waals surface area (Å²) in [4.78, 5) is 40.0. The Balaban J connectivity index is 1.49. The van der Waals surface area contributed by atoms with Crippen molar-refractivity contribution in [3.05, 3.63) is 59.9 Å². The van der Waals surface area contributed by atoms with E-state index in [4.69, 9.17) is 9.47 Å². The number of esters is 1. The molecule has 180 valence electrons. The highest BCUT2D eigenvalue weighted by Crippen LogP contribution is 2.41. The molecule has 1 heterocycles. The minimum atomic E-state index is -0.616. The number of carbonyl (C=O) groups is 3. The highest BCUT2D eigenvalue weighted by molar-refractivity contribution is 6.02. The predicted molar refractivity (Wildman–Crippen MR) is 124 cm³/mol. The number of nitrogens with zero attached hydrogens (tertiary/aromatic N) is 1. The standard InChI is InChI=1S/C26H29FN2O5/c1-2-33-24(30)16-34-21-8-5-7-20(15-21)28-25(31)23-14-18-6-3-4-9-22(18)29(23)26(32)17-10-12-19(27)13-11-17/h5,7-8,10-13,15,18,22-23H,2-4,6,9,14,16H2,1H3,(H,28,31)/t18-,22-,23+/m1/s1. The van der Waals surface area contributed by atoms with Gasteiger partial charge in [-0.15, -0.1) is 0 Å². The zero-order valence-corrected chi connectivity index (χ0v) is 19.2. The van der Waals surface area contributed by atoms with Crippen molar-refractivity contribution in [2.45, 2.75) is 51.1 Å². The lowest BCUT2D eigenvalue weighted by Crippen LogP contribution is -2.47. The minimum Gasteiger partial charge on any atom is -0.482 e. The molecular weight excluding hydrogens is 439 g/mol. The molecular formula is C26H29FN2O5. The van der Waals surface area contributed by atoms with Gasteiger partial charge in [-0.05, 0) is 68.5 Å². The van der Waals surface area contributed by atoms with E-state index in [0.29, 0.717) is 23.4 Å². The Morgan fingerprint density at radius 3 is 2.62 bits per heavy atom. The highest BCUT2D eigenvalue weighted by atomic mass is 19.1.